The summed E-state index contributed by atoms with van der Waals surface area (Å²) in [5.74, 6) is -2.08. The molecule has 0 saturated carbocycles. The van der Waals surface area contributed by atoms with Gasteiger partial charge in [0.1, 0.15) is 11.3 Å². The van der Waals surface area contributed by atoms with E-state index < -0.39 is 34.3 Å². The van der Waals surface area contributed by atoms with Crippen molar-refractivity contribution in [1.29, 1.82) is 0 Å². The van der Waals surface area contributed by atoms with E-state index in [1.807, 2.05) is 0 Å². The fourth-order valence-corrected chi connectivity index (χ4v) is 2.84. The van der Waals surface area contributed by atoms with Crippen molar-refractivity contribution in [3.63, 3.8) is 0 Å². The fourth-order valence-electron chi connectivity index (χ4n) is 2.61. The van der Waals surface area contributed by atoms with E-state index in [4.69, 9.17) is 20.8 Å². The van der Waals surface area contributed by atoms with Gasteiger partial charge in [0.25, 0.3) is 0 Å². The van der Waals surface area contributed by atoms with Gasteiger partial charge in [0.15, 0.2) is 0 Å². The molecule has 3 rings (SSSR count). The highest BCUT2D eigenvalue weighted by Gasteiger charge is 2.40. The highest BCUT2D eigenvalue weighted by Crippen LogP contribution is 2.39. The number of hydrogen-bond donors (Lipinski definition) is 0. The summed E-state index contributed by atoms with van der Waals surface area (Å²) in [5.41, 5.74) is -2.81. The summed E-state index contributed by atoms with van der Waals surface area (Å²) < 4.78 is 51.3. The first-order chi connectivity index (χ1) is 13.4. The molecule has 0 amide bonds. The van der Waals surface area contributed by atoms with Crippen molar-refractivity contribution in [2.24, 2.45) is 5.41 Å². The van der Waals surface area contributed by atoms with Crippen LogP contribution in [0.2, 0.25) is 5.02 Å². The van der Waals surface area contributed by atoms with Gasteiger partial charge in [-0.1, -0.05) is 29.8 Å². The summed E-state index contributed by atoms with van der Waals surface area (Å²) in [5, 5.41) is -0.108. The molecule has 0 N–H and O–H groups in total. The van der Waals surface area contributed by atoms with Crippen LogP contribution in [0.25, 0.3) is 22.1 Å². The normalized spacial score (nSPS) is 12.2. The molecule has 2 aromatic carbocycles. The number of alkyl halides is 3. The maximum Gasteiger partial charge on any atom is 0.450 e. The monoisotopic (exact) mass is 424 g/mol. The third kappa shape index (κ3) is 4.15. The van der Waals surface area contributed by atoms with Crippen molar-refractivity contribution >= 4 is 28.5 Å². The summed E-state index contributed by atoms with van der Waals surface area (Å²) in [6.07, 6.45) is -4.94. The summed E-state index contributed by atoms with van der Waals surface area (Å²) in [7, 11) is 0. The highest BCUT2D eigenvalue weighted by molar-refractivity contribution is 6.33. The quantitative estimate of drug-likeness (QED) is 0.369. The molecular weight excluding hydrogens is 409 g/mol. The van der Waals surface area contributed by atoms with Crippen LogP contribution in [0.5, 0.6) is 5.75 Å². The van der Waals surface area contributed by atoms with Crippen LogP contribution in [0.15, 0.2) is 51.7 Å². The topological polar surface area (TPSA) is 56.5 Å². The van der Waals surface area contributed by atoms with E-state index in [2.05, 4.69) is 0 Å². The third-order valence-electron chi connectivity index (χ3n) is 4.09. The Morgan fingerprint density at radius 3 is 2.31 bits per heavy atom. The number of halogens is 4. The molecule has 1 heterocycles. The lowest BCUT2D eigenvalue weighted by molar-refractivity contribution is -0.152. The minimum Gasteiger partial charge on any atom is -0.450 e. The summed E-state index contributed by atoms with van der Waals surface area (Å²) in [6, 6.07) is 9.38. The Kier molecular flexibility index (Phi) is 5.21. The SMILES string of the molecule is CC(C)(C)C(=O)Oc1ccc2c(=O)c(-c3ccccc3Cl)c(C(F)(F)F)oc2c1. The number of ether oxygens (including phenoxy) is 1. The number of esters is 1. The van der Waals surface area contributed by atoms with Gasteiger partial charge in [0.2, 0.25) is 11.2 Å². The van der Waals surface area contributed by atoms with Crippen LogP contribution in [0, 0.1) is 5.41 Å². The molecule has 8 heteroatoms. The molecule has 152 valence electrons. The molecule has 0 saturated heterocycles. The van der Waals surface area contributed by atoms with Gasteiger partial charge in [-0.3, -0.25) is 9.59 Å². The van der Waals surface area contributed by atoms with Gasteiger partial charge in [-0.25, -0.2) is 0 Å². The van der Waals surface area contributed by atoms with E-state index in [9.17, 15) is 22.8 Å². The predicted molar refractivity (Wildman–Crippen MR) is 103 cm³/mol. The maximum atomic E-state index is 13.7. The molecule has 0 atom stereocenters. The Morgan fingerprint density at radius 1 is 1.07 bits per heavy atom. The van der Waals surface area contributed by atoms with Crippen molar-refractivity contribution in [3.05, 3.63) is 63.5 Å². The lowest BCUT2D eigenvalue weighted by atomic mass is 9.97. The lowest BCUT2D eigenvalue weighted by Gasteiger charge is -2.17. The average molecular weight is 425 g/mol. The Labute approximate surface area is 168 Å². The predicted octanol–water partition coefficient (Wildman–Crippen LogP) is 6.08. The van der Waals surface area contributed by atoms with Crippen LogP contribution in [-0.2, 0) is 11.0 Å². The zero-order valence-electron chi connectivity index (χ0n) is 15.7. The average Bonchev–Trinajstić information content (AvgIpc) is 2.61. The van der Waals surface area contributed by atoms with Gasteiger partial charge in [-0.15, -0.1) is 0 Å². The molecule has 0 bridgehead atoms. The van der Waals surface area contributed by atoms with Crippen molar-refractivity contribution in [2.75, 3.05) is 0 Å². The minimum absolute atomic E-state index is 0.0135. The second-order valence-electron chi connectivity index (χ2n) is 7.41. The van der Waals surface area contributed by atoms with E-state index in [-0.39, 0.29) is 27.3 Å². The molecule has 0 aliphatic heterocycles. The largest absolute Gasteiger partial charge is 0.450 e. The number of carbonyl (C=O) groups is 1. The molecule has 0 aliphatic rings. The third-order valence-corrected chi connectivity index (χ3v) is 4.42. The molecule has 0 aliphatic carbocycles. The first-order valence-corrected chi connectivity index (χ1v) is 8.92. The van der Waals surface area contributed by atoms with Crippen molar-refractivity contribution < 1.29 is 27.1 Å². The van der Waals surface area contributed by atoms with Gasteiger partial charge in [0, 0.05) is 16.7 Å². The number of benzene rings is 2. The van der Waals surface area contributed by atoms with Crippen LogP contribution >= 0.6 is 11.6 Å². The van der Waals surface area contributed by atoms with E-state index in [1.54, 1.807) is 20.8 Å². The van der Waals surface area contributed by atoms with E-state index >= 15 is 0 Å². The van der Waals surface area contributed by atoms with Gasteiger partial charge in [-0.2, -0.15) is 13.2 Å². The smallest absolute Gasteiger partial charge is 0.450 e. The van der Waals surface area contributed by atoms with Crippen LogP contribution in [-0.4, -0.2) is 5.97 Å². The molecule has 29 heavy (non-hydrogen) atoms. The molecular formula is C21H16ClF3O4. The van der Waals surface area contributed by atoms with Gasteiger partial charge in [-0.05, 0) is 39.0 Å². The van der Waals surface area contributed by atoms with Crippen molar-refractivity contribution in [1.82, 2.24) is 0 Å². The standard InChI is InChI=1S/C21H16ClF3O4/c1-20(2,3)19(27)28-11-8-9-13-15(10-11)29-18(21(23,24)25)16(17(13)26)12-6-4-5-7-14(12)22/h4-10H,1-3H3. The van der Waals surface area contributed by atoms with Gasteiger partial charge < -0.3 is 9.15 Å². The Bertz CT molecular complexity index is 1160. The van der Waals surface area contributed by atoms with Crippen LogP contribution in [0.4, 0.5) is 13.2 Å². The number of hydrogen-bond acceptors (Lipinski definition) is 4. The molecule has 0 spiro atoms. The Morgan fingerprint density at radius 2 is 1.72 bits per heavy atom. The van der Waals surface area contributed by atoms with E-state index in [0.717, 1.165) is 6.07 Å². The summed E-state index contributed by atoms with van der Waals surface area (Å²) in [6.45, 7) is 4.90. The number of carbonyl (C=O) groups excluding carboxylic acids is 1. The van der Waals surface area contributed by atoms with Crippen LogP contribution in [0.3, 0.4) is 0 Å². The van der Waals surface area contributed by atoms with Gasteiger partial charge in [0.05, 0.1) is 16.4 Å². The zero-order chi connectivity index (χ0) is 21.6. The minimum atomic E-state index is -4.94. The first kappa shape index (κ1) is 20.9. The number of fused-ring (bicyclic) bond motifs is 1. The number of rotatable bonds is 2. The van der Waals surface area contributed by atoms with E-state index in [1.165, 1.54) is 36.4 Å². The second kappa shape index (κ2) is 7.22. The Hall–Kier alpha value is -2.80. The van der Waals surface area contributed by atoms with Gasteiger partial charge >= 0.3 is 12.1 Å². The second-order valence-corrected chi connectivity index (χ2v) is 7.82. The first-order valence-electron chi connectivity index (χ1n) is 8.55. The fraction of sp³-hybridized carbons (Fsp3) is 0.238. The van der Waals surface area contributed by atoms with Crippen LogP contribution in [0.1, 0.15) is 26.5 Å². The molecule has 0 radical (unpaired) electrons. The molecule has 0 fully saturated rings. The van der Waals surface area contributed by atoms with E-state index in [0.29, 0.717) is 0 Å². The lowest BCUT2D eigenvalue weighted by Crippen LogP contribution is -2.25. The summed E-state index contributed by atoms with van der Waals surface area (Å²) >= 11 is 6.02. The van der Waals surface area contributed by atoms with Crippen molar-refractivity contribution in [2.45, 2.75) is 26.9 Å². The maximum absolute atomic E-state index is 13.7. The van der Waals surface area contributed by atoms with Crippen LogP contribution < -0.4 is 10.2 Å². The summed E-state index contributed by atoms with van der Waals surface area (Å²) in [4.78, 5) is 24.9. The molecule has 1 aromatic heterocycles. The molecule has 0 unspecified atom stereocenters. The highest BCUT2D eigenvalue weighted by atomic mass is 35.5. The zero-order valence-corrected chi connectivity index (χ0v) is 16.4. The molecule has 4 nitrogen and oxygen atoms in total. The Balaban J connectivity index is 2.26. The van der Waals surface area contributed by atoms with Crippen molar-refractivity contribution in [3.8, 4) is 16.9 Å². The molecule has 3 aromatic rings.